The van der Waals surface area contributed by atoms with Gasteiger partial charge in [-0.2, -0.15) is 0 Å². The van der Waals surface area contributed by atoms with Gasteiger partial charge in [0.2, 0.25) is 5.91 Å². The van der Waals surface area contributed by atoms with Crippen LogP contribution in [0.1, 0.15) is 123 Å². The summed E-state index contributed by atoms with van der Waals surface area (Å²) < 4.78 is 22.5. The van der Waals surface area contributed by atoms with Crippen molar-refractivity contribution in [3.05, 3.63) is 12.2 Å². The van der Waals surface area contributed by atoms with E-state index in [4.69, 9.17) is 18.9 Å². The molecule has 9 N–H and O–H groups in total. The Balaban J connectivity index is 1.95. The zero-order valence-corrected chi connectivity index (χ0v) is 30.8. The van der Waals surface area contributed by atoms with Gasteiger partial charge in [-0.05, 0) is 32.1 Å². The normalized spacial score (nSPS) is 31.2. The van der Waals surface area contributed by atoms with Gasteiger partial charge in [-0.3, -0.25) is 4.79 Å². The molecular weight excluding hydrogens is 666 g/mol. The van der Waals surface area contributed by atoms with Gasteiger partial charge in [0.15, 0.2) is 12.6 Å². The summed E-state index contributed by atoms with van der Waals surface area (Å²) in [7, 11) is 0. The number of unbranched alkanes of at least 4 members (excludes halogenated alkanes) is 12. The molecule has 0 saturated carbocycles. The molecule has 2 saturated heterocycles. The maximum atomic E-state index is 12.9. The minimum absolute atomic E-state index is 0.226. The SMILES string of the molecule is CCC/C=C\CCCCCCCC(=O)NC(COC1OC(CO)C(OC2OC(CO)C(O)C(O)C2O)C(O)C1O)C(O)CCCCCCCCC. The van der Waals surface area contributed by atoms with Gasteiger partial charge in [-0.25, -0.2) is 0 Å². The van der Waals surface area contributed by atoms with E-state index in [0.717, 1.165) is 77.0 Å². The van der Waals surface area contributed by atoms with Crippen LogP contribution in [0.3, 0.4) is 0 Å². The third-order valence-corrected chi connectivity index (χ3v) is 9.71. The zero-order chi connectivity index (χ0) is 37.6. The van der Waals surface area contributed by atoms with Crippen molar-refractivity contribution in [2.24, 2.45) is 0 Å². The van der Waals surface area contributed by atoms with Crippen LogP contribution in [0.2, 0.25) is 0 Å². The molecule has 0 aliphatic carbocycles. The van der Waals surface area contributed by atoms with Crippen LogP contribution in [0.5, 0.6) is 0 Å². The summed E-state index contributed by atoms with van der Waals surface area (Å²) in [5.41, 5.74) is 0. The van der Waals surface area contributed by atoms with Gasteiger partial charge in [0.1, 0.15) is 48.8 Å². The van der Waals surface area contributed by atoms with Gasteiger partial charge in [0.25, 0.3) is 0 Å². The number of carbonyl (C=O) groups excluding carboxylic acids is 1. The van der Waals surface area contributed by atoms with E-state index in [1.165, 1.54) is 12.8 Å². The number of allylic oxidation sites excluding steroid dienone is 2. The van der Waals surface area contributed by atoms with E-state index in [9.17, 15) is 45.6 Å². The highest BCUT2D eigenvalue weighted by Gasteiger charge is 2.50. The standard InChI is InChI=1S/C37H69NO13/c1-3-5-7-9-11-12-13-15-17-19-21-29(42)38-25(26(41)20-18-16-14-10-8-6-4-2)24-48-36-34(47)32(45)35(28(23-40)50-36)51-37-33(46)31(44)30(43)27(22-39)49-37/h7,9,25-28,30-37,39-41,43-47H,3-6,8,10-24H2,1-2H3,(H,38,42)/b9-7-. The zero-order valence-electron chi connectivity index (χ0n) is 30.8. The maximum absolute atomic E-state index is 12.9. The van der Waals surface area contributed by atoms with Crippen LogP contribution >= 0.6 is 0 Å². The summed E-state index contributed by atoms with van der Waals surface area (Å²) in [5.74, 6) is -0.226. The molecule has 2 heterocycles. The first-order valence-electron chi connectivity index (χ1n) is 19.4. The molecule has 0 aromatic carbocycles. The number of rotatable bonds is 27. The smallest absolute Gasteiger partial charge is 0.220 e. The van der Waals surface area contributed by atoms with Crippen molar-refractivity contribution in [3.63, 3.8) is 0 Å². The van der Waals surface area contributed by atoms with E-state index in [2.05, 4.69) is 31.3 Å². The lowest BCUT2D eigenvalue weighted by atomic mass is 9.97. The monoisotopic (exact) mass is 735 g/mol. The van der Waals surface area contributed by atoms with Crippen molar-refractivity contribution in [1.82, 2.24) is 5.32 Å². The molecule has 0 aromatic heterocycles. The Bertz CT molecular complexity index is 925. The first-order chi connectivity index (χ1) is 24.6. The number of ether oxygens (including phenoxy) is 4. The van der Waals surface area contributed by atoms with Crippen LogP contribution in [0.25, 0.3) is 0 Å². The van der Waals surface area contributed by atoms with Gasteiger partial charge in [0.05, 0.1) is 32.0 Å². The van der Waals surface area contributed by atoms with Crippen LogP contribution in [-0.4, -0.2) is 140 Å². The first-order valence-corrected chi connectivity index (χ1v) is 19.4. The summed E-state index contributed by atoms with van der Waals surface area (Å²) in [5, 5.41) is 85.9. The molecular formula is C37H69NO13. The Morgan fingerprint density at radius 3 is 1.94 bits per heavy atom. The number of aliphatic hydroxyl groups is 8. The minimum Gasteiger partial charge on any atom is -0.394 e. The molecule has 0 bridgehead atoms. The number of carbonyl (C=O) groups is 1. The topological polar surface area (TPSA) is 228 Å². The summed E-state index contributed by atoms with van der Waals surface area (Å²) >= 11 is 0. The fourth-order valence-corrected chi connectivity index (χ4v) is 6.41. The van der Waals surface area contributed by atoms with Crippen LogP contribution in [0, 0.1) is 0 Å². The van der Waals surface area contributed by atoms with Crippen molar-refractivity contribution < 1.29 is 64.6 Å². The molecule has 0 spiro atoms. The highest BCUT2D eigenvalue weighted by atomic mass is 16.7. The molecule has 2 rings (SSSR count). The number of hydrogen-bond acceptors (Lipinski definition) is 13. The van der Waals surface area contributed by atoms with Gasteiger partial charge >= 0.3 is 0 Å². The largest absolute Gasteiger partial charge is 0.394 e. The molecule has 2 aliphatic rings. The molecule has 14 nitrogen and oxygen atoms in total. The van der Waals surface area contributed by atoms with E-state index in [-0.39, 0.29) is 12.5 Å². The van der Waals surface area contributed by atoms with E-state index >= 15 is 0 Å². The Hall–Kier alpha value is -1.27. The van der Waals surface area contributed by atoms with E-state index in [0.29, 0.717) is 19.3 Å². The van der Waals surface area contributed by atoms with E-state index < -0.39 is 86.8 Å². The van der Waals surface area contributed by atoms with Gasteiger partial charge in [-0.15, -0.1) is 0 Å². The van der Waals surface area contributed by atoms with Crippen molar-refractivity contribution in [2.45, 2.75) is 197 Å². The second-order valence-electron chi connectivity index (χ2n) is 14.1. The predicted octanol–water partition coefficient (Wildman–Crippen LogP) is 1.70. The Labute approximate surface area is 304 Å². The molecule has 0 radical (unpaired) electrons. The van der Waals surface area contributed by atoms with Gasteiger partial charge in [0, 0.05) is 6.42 Å². The lowest BCUT2D eigenvalue weighted by Crippen LogP contribution is -2.65. The second-order valence-corrected chi connectivity index (χ2v) is 14.1. The van der Waals surface area contributed by atoms with Crippen molar-refractivity contribution in [1.29, 1.82) is 0 Å². The third-order valence-electron chi connectivity index (χ3n) is 9.71. The van der Waals surface area contributed by atoms with Crippen LogP contribution < -0.4 is 5.32 Å². The summed E-state index contributed by atoms with van der Waals surface area (Å²) in [6.45, 7) is 2.67. The predicted molar refractivity (Wildman–Crippen MR) is 189 cm³/mol. The molecule has 2 aliphatic heterocycles. The summed E-state index contributed by atoms with van der Waals surface area (Å²) in [4.78, 5) is 12.9. The minimum atomic E-state index is -1.78. The fraction of sp³-hybridized carbons (Fsp3) is 0.919. The summed E-state index contributed by atoms with van der Waals surface area (Å²) in [6.07, 6.45) is 4.16. The highest BCUT2D eigenvalue weighted by molar-refractivity contribution is 5.76. The van der Waals surface area contributed by atoms with Crippen LogP contribution in [-0.2, 0) is 23.7 Å². The Morgan fingerprint density at radius 1 is 0.686 bits per heavy atom. The quantitative estimate of drug-likeness (QED) is 0.0433. The molecule has 14 heteroatoms. The molecule has 300 valence electrons. The van der Waals surface area contributed by atoms with Crippen LogP contribution in [0.4, 0.5) is 0 Å². The lowest BCUT2D eigenvalue weighted by molar-refractivity contribution is -0.359. The number of aliphatic hydroxyl groups excluding tert-OH is 8. The van der Waals surface area contributed by atoms with Crippen molar-refractivity contribution >= 4 is 5.91 Å². The Kier molecular flexibility index (Phi) is 23.8. The van der Waals surface area contributed by atoms with E-state index in [1.807, 2.05) is 0 Å². The third kappa shape index (κ3) is 16.3. The van der Waals surface area contributed by atoms with Crippen LogP contribution in [0.15, 0.2) is 12.2 Å². The summed E-state index contributed by atoms with van der Waals surface area (Å²) in [6, 6.07) is -0.823. The second kappa shape index (κ2) is 26.5. The number of hydrogen-bond donors (Lipinski definition) is 9. The average Bonchev–Trinajstić information content (AvgIpc) is 3.12. The molecule has 1 amide bonds. The van der Waals surface area contributed by atoms with E-state index in [1.54, 1.807) is 0 Å². The van der Waals surface area contributed by atoms with Gasteiger partial charge < -0.3 is 65.1 Å². The highest BCUT2D eigenvalue weighted by Crippen LogP contribution is 2.30. The lowest BCUT2D eigenvalue weighted by Gasteiger charge is -2.46. The van der Waals surface area contributed by atoms with Gasteiger partial charge in [-0.1, -0.05) is 96.6 Å². The molecule has 0 aromatic rings. The molecule has 12 atom stereocenters. The Morgan fingerprint density at radius 2 is 1.27 bits per heavy atom. The maximum Gasteiger partial charge on any atom is 0.220 e. The average molecular weight is 736 g/mol. The first kappa shape index (κ1) is 45.9. The number of amides is 1. The molecule has 2 fully saturated rings. The molecule has 51 heavy (non-hydrogen) atoms. The fourth-order valence-electron chi connectivity index (χ4n) is 6.41. The number of nitrogens with one attached hydrogen (secondary N) is 1. The van der Waals surface area contributed by atoms with Crippen molar-refractivity contribution in [3.8, 4) is 0 Å². The van der Waals surface area contributed by atoms with Crippen molar-refractivity contribution in [2.75, 3.05) is 19.8 Å². The molecule has 12 unspecified atom stereocenters.